The van der Waals surface area contributed by atoms with Gasteiger partial charge in [-0.1, -0.05) is 30.3 Å². The third kappa shape index (κ3) is 3.66. The number of carbonyl (C=O) groups excluding carboxylic acids is 3. The summed E-state index contributed by atoms with van der Waals surface area (Å²) < 4.78 is 0. The van der Waals surface area contributed by atoms with E-state index in [1.807, 2.05) is 18.2 Å². The van der Waals surface area contributed by atoms with Crippen LogP contribution in [-0.4, -0.2) is 17.3 Å². The molecule has 0 atom stereocenters. The number of carbonyl (C=O) groups is 3. The predicted molar refractivity (Wildman–Crippen MR) is 81.0 cm³/mol. The minimum Gasteiger partial charge on any atom is -0.300 e. The van der Waals surface area contributed by atoms with Crippen LogP contribution < -0.4 is 0 Å². The number of hydrogen-bond acceptors (Lipinski definition) is 3. The Labute approximate surface area is 125 Å². The molecule has 0 N–H and O–H groups in total. The van der Waals surface area contributed by atoms with Crippen molar-refractivity contribution in [3.8, 4) is 0 Å². The van der Waals surface area contributed by atoms with E-state index < -0.39 is 5.41 Å². The Morgan fingerprint density at radius 1 is 1.05 bits per heavy atom. The number of rotatable bonds is 7. The lowest BCUT2D eigenvalue weighted by molar-refractivity contribution is -0.136. The largest absolute Gasteiger partial charge is 0.300 e. The lowest BCUT2D eigenvalue weighted by atomic mass is 9.75. The van der Waals surface area contributed by atoms with Crippen LogP contribution in [0.5, 0.6) is 0 Å². The average Bonchev–Trinajstić information content (AvgIpc) is 2.75. The molecule has 0 heterocycles. The molecule has 2 rings (SSSR count). The molecule has 3 nitrogen and oxygen atoms in total. The van der Waals surface area contributed by atoms with Gasteiger partial charge in [0.15, 0.2) is 0 Å². The summed E-state index contributed by atoms with van der Waals surface area (Å²) >= 11 is 0. The maximum atomic E-state index is 12.2. The molecule has 1 aliphatic carbocycles. The standard InChI is InChI=1S/C18H22O3/c1-14(19)11-13-18(16(20)9-10-17(18)21)12-5-8-15-6-3-2-4-7-15/h2-4,6-7H,5,8-13H2,1H3. The first-order valence-corrected chi connectivity index (χ1v) is 7.64. The van der Waals surface area contributed by atoms with Crippen LogP contribution in [0, 0.1) is 5.41 Å². The Hall–Kier alpha value is -1.77. The van der Waals surface area contributed by atoms with Gasteiger partial charge in [0.25, 0.3) is 0 Å². The Kier molecular flexibility index (Phi) is 5.05. The lowest BCUT2D eigenvalue weighted by Crippen LogP contribution is -2.33. The summed E-state index contributed by atoms with van der Waals surface area (Å²) in [5.74, 6) is 0.133. The first-order valence-electron chi connectivity index (χ1n) is 7.64. The van der Waals surface area contributed by atoms with E-state index in [-0.39, 0.29) is 17.3 Å². The van der Waals surface area contributed by atoms with Crippen molar-refractivity contribution >= 4 is 17.3 Å². The van der Waals surface area contributed by atoms with Gasteiger partial charge in [-0.05, 0) is 38.2 Å². The zero-order valence-electron chi connectivity index (χ0n) is 12.6. The molecule has 1 aliphatic rings. The van der Waals surface area contributed by atoms with Gasteiger partial charge in [-0.15, -0.1) is 0 Å². The molecule has 0 radical (unpaired) electrons. The van der Waals surface area contributed by atoms with Gasteiger partial charge in [-0.3, -0.25) is 9.59 Å². The van der Waals surface area contributed by atoms with Crippen molar-refractivity contribution in [3.05, 3.63) is 35.9 Å². The number of aryl methyl sites for hydroxylation is 1. The first-order chi connectivity index (χ1) is 10.0. The van der Waals surface area contributed by atoms with E-state index in [0.717, 1.165) is 12.8 Å². The summed E-state index contributed by atoms with van der Waals surface area (Å²) in [6.07, 6.45) is 3.66. The average molecular weight is 286 g/mol. The molecule has 0 unspecified atom stereocenters. The van der Waals surface area contributed by atoms with E-state index in [0.29, 0.717) is 32.1 Å². The van der Waals surface area contributed by atoms with E-state index in [4.69, 9.17) is 0 Å². The third-order valence-electron chi connectivity index (χ3n) is 4.46. The second kappa shape index (κ2) is 6.79. The van der Waals surface area contributed by atoms with Gasteiger partial charge in [0.2, 0.25) is 0 Å². The molecule has 21 heavy (non-hydrogen) atoms. The van der Waals surface area contributed by atoms with E-state index in [1.54, 1.807) is 0 Å². The second-order valence-corrected chi connectivity index (χ2v) is 5.97. The summed E-state index contributed by atoms with van der Waals surface area (Å²) in [7, 11) is 0. The predicted octanol–water partition coefficient (Wildman–Crippen LogP) is 3.30. The SMILES string of the molecule is CC(=O)CCC1(CCCc2ccccc2)C(=O)CCC1=O. The Balaban J connectivity index is 2.01. The van der Waals surface area contributed by atoms with Gasteiger partial charge >= 0.3 is 0 Å². The van der Waals surface area contributed by atoms with Crippen molar-refractivity contribution in [2.24, 2.45) is 5.41 Å². The number of Topliss-reactive ketones (excluding diaryl/α,β-unsaturated/α-hetero) is 3. The molecule has 1 aromatic carbocycles. The van der Waals surface area contributed by atoms with Crippen LogP contribution in [0.2, 0.25) is 0 Å². The van der Waals surface area contributed by atoms with Crippen LogP contribution >= 0.6 is 0 Å². The van der Waals surface area contributed by atoms with E-state index in [2.05, 4.69) is 12.1 Å². The Morgan fingerprint density at radius 2 is 1.67 bits per heavy atom. The maximum absolute atomic E-state index is 12.2. The molecule has 0 bridgehead atoms. The molecule has 0 aliphatic heterocycles. The fourth-order valence-electron chi connectivity index (χ4n) is 3.17. The molecule has 0 spiro atoms. The van der Waals surface area contributed by atoms with Gasteiger partial charge in [0, 0.05) is 19.3 Å². The van der Waals surface area contributed by atoms with E-state index >= 15 is 0 Å². The van der Waals surface area contributed by atoms with Crippen molar-refractivity contribution in [3.63, 3.8) is 0 Å². The quantitative estimate of drug-likeness (QED) is 0.723. The van der Waals surface area contributed by atoms with Crippen LogP contribution in [0.15, 0.2) is 30.3 Å². The highest BCUT2D eigenvalue weighted by molar-refractivity contribution is 6.13. The van der Waals surface area contributed by atoms with Gasteiger partial charge in [0.05, 0.1) is 5.41 Å². The number of hydrogen-bond donors (Lipinski definition) is 0. The van der Waals surface area contributed by atoms with Crippen LogP contribution in [0.25, 0.3) is 0 Å². The molecular formula is C18H22O3. The van der Waals surface area contributed by atoms with Crippen molar-refractivity contribution < 1.29 is 14.4 Å². The minimum atomic E-state index is -0.875. The van der Waals surface area contributed by atoms with Crippen molar-refractivity contribution in [1.29, 1.82) is 0 Å². The highest BCUT2D eigenvalue weighted by Crippen LogP contribution is 2.40. The Morgan fingerprint density at radius 3 is 2.24 bits per heavy atom. The summed E-state index contributed by atoms with van der Waals surface area (Å²) in [5.41, 5.74) is 0.345. The van der Waals surface area contributed by atoms with Gasteiger partial charge < -0.3 is 4.79 Å². The van der Waals surface area contributed by atoms with Crippen molar-refractivity contribution in [2.45, 2.75) is 51.9 Å². The maximum Gasteiger partial charge on any atom is 0.146 e. The second-order valence-electron chi connectivity index (χ2n) is 5.97. The molecule has 1 fully saturated rings. The molecule has 0 aromatic heterocycles. The van der Waals surface area contributed by atoms with Crippen LogP contribution in [0.3, 0.4) is 0 Å². The van der Waals surface area contributed by atoms with Crippen molar-refractivity contribution in [1.82, 2.24) is 0 Å². The first kappa shape index (κ1) is 15.6. The van der Waals surface area contributed by atoms with E-state index in [1.165, 1.54) is 12.5 Å². The van der Waals surface area contributed by atoms with Crippen LogP contribution in [0.4, 0.5) is 0 Å². The zero-order chi connectivity index (χ0) is 15.3. The highest BCUT2D eigenvalue weighted by Gasteiger charge is 2.48. The minimum absolute atomic E-state index is 0.0433. The lowest BCUT2D eigenvalue weighted by Gasteiger charge is -2.25. The van der Waals surface area contributed by atoms with Crippen LogP contribution in [-0.2, 0) is 20.8 Å². The topological polar surface area (TPSA) is 51.2 Å². The van der Waals surface area contributed by atoms with Gasteiger partial charge in [0.1, 0.15) is 17.3 Å². The summed E-state index contributed by atoms with van der Waals surface area (Å²) in [6.45, 7) is 1.52. The number of benzene rings is 1. The summed E-state index contributed by atoms with van der Waals surface area (Å²) in [4.78, 5) is 35.7. The fourth-order valence-corrected chi connectivity index (χ4v) is 3.17. The molecule has 0 saturated heterocycles. The van der Waals surface area contributed by atoms with Gasteiger partial charge in [-0.2, -0.15) is 0 Å². The summed E-state index contributed by atoms with van der Waals surface area (Å²) in [6, 6.07) is 10.1. The van der Waals surface area contributed by atoms with Gasteiger partial charge in [-0.25, -0.2) is 0 Å². The highest BCUT2D eigenvalue weighted by atomic mass is 16.2. The smallest absolute Gasteiger partial charge is 0.146 e. The molecule has 1 aromatic rings. The fraction of sp³-hybridized carbons (Fsp3) is 0.500. The number of ketones is 3. The summed E-state index contributed by atoms with van der Waals surface area (Å²) in [5, 5.41) is 0. The molecule has 1 saturated carbocycles. The van der Waals surface area contributed by atoms with E-state index in [9.17, 15) is 14.4 Å². The molecule has 0 amide bonds. The molecule has 3 heteroatoms. The zero-order valence-corrected chi connectivity index (χ0v) is 12.6. The third-order valence-corrected chi connectivity index (χ3v) is 4.46. The normalized spacial score (nSPS) is 17.2. The monoisotopic (exact) mass is 286 g/mol. The Bertz CT molecular complexity index is 515. The molecule has 112 valence electrons. The molecular weight excluding hydrogens is 264 g/mol. The van der Waals surface area contributed by atoms with Crippen LogP contribution in [0.1, 0.15) is 51.0 Å². The van der Waals surface area contributed by atoms with Crippen molar-refractivity contribution in [2.75, 3.05) is 0 Å².